The number of amides is 1. The van der Waals surface area contributed by atoms with Gasteiger partial charge in [-0.15, -0.1) is 0 Å². The van der Waals surface area contributed by atoms with Gasteiger partial charge in [0.1, 0.15) is 11.4 Å². The molecule has 3 rings (SSSR count). The summed E-state index contributed by atoms with van der Waals surface area (Å²) in [6, 6.07) is 5.01. The third-order valence-electron chi connectivity index (χ3n) is 4.01. The summed E-state index contributed by atoms with van der Waals surface area (Å²) in [6.45, 7) is 0.822. The fourth-order valence-electron chi connectivity index (χ4n) is 2.70. The van der Waals surface area contributed by atoms with Crippen LogP contribution in [0.1, 0.15) is 23.2 Å². The van der Waals surface area contributed by atoms with Crippen molar-refractivity contribution in [2.75, 3.05) is 25.9 Å². The smallest absolute Gasteiger partial charge is 0.257 e. The molecular formula is C14H18N2O3. The van der Waals surface area contributed by atoms with Gasteiger partial charge in [0.2, 0.25) is 0 Å². The van der Waals surface area contributed by atoms with Gasteiger partial charge in [-0.05, 0) is 37.0 Å². The number of nitrogens with two attached hydrogens (primary N) is 1. The SMILES string of the molecule is COc1ccc(N)cc1C(=O)N1CC(O)(C2CC2)C1. The number of hydrogen-bond donors (Lipinski definition) is 2. The van der Waals surface area contributed by atoms with Gasteiger partial charge in [0, 0.05) is 5.69 Å². The number of hydrogen-bond acceptors (Lipinski definition) is 4. The Hall–Kier alpha value is -1.75. The van der Waals surface area contributed by atoms with Gasteiger partial charge in [0.25, 0.3) is 5.91 Å². The highest BCUT2D eigenvalue weighted by Crippen LogP contribution is 2.45. The molecule has 1 aliphatic heterocycles. The van der Waals surface area contributed by atoms with Gasteiger partial charge in [-0.25, -0.2) is 0 Å². The van der Waals surface area contributed by atoms with E-state index >= 15 is 0 Å². The van der Waals surface area contributed by atoms with Crippen molar-refractivity contribution < 1.29 is 14.6 Å². The van der Waals surface area contributed by atoms with Crippen LogP contribution in [0.2, 0.25) is 0 Å². The molecule has 1 amide bonds. The van der Waals surface area contributed by atoms with Crippen molar-refractivity contribution >= 4 is 11.6 Å². The molecular weight excluding hydrogens is 244 g/mol. The van der Waals surface area contributed by atoms with Crippen LogP contribution in [0, 0.1) is 5.92 Å². The first-order valence-corrected chi connectivity index (χ1v) is 6.49. The van der Waals surface area contributed by atoms with Gasteiger partial charge < -0.3 is 20.5 Å². The normalized spacial score (nSPS) is 20.8. The lowest BCUT2D eigenvalue weighted by atomic mass is 9.88. The van der Waals surface area contributed by atoms with Crippen molar-refractivity contribution in [3.63, 3.8) is 0 Å². The summed E-state index contributed by atoms with van der Waals surface area (Å²) in [4.78, 5) is 14.0. The molecule has 1 aromatic rings. The Morgan fingerprint density at radius 3 is 2.74 bits per heavy atom. The average molecular weight is 262 g/mol. The molecule has 1 saturated carbocycles. The number of carbonyl (C=O) groups excluding carboxylic acids is 1. The Labute approximate surface area is 112 Å². The first-order valence-electron chi connectivity index (χ1n) is 6.49. The number of nitrogen functional groups attached to an aromatic ring is 1. The second-order valence-corrected chi connectivity index (χ2v) is 5.50. The average Bonchev–Trinajstić information content (AvgIpc) is 3.18. The van der Waals surface area contributed by atoms with Gasteiger partial charge in [0.15, 0.2) is 0 Å². The second kappa shape index (κ2) is 4.13. The minimum absolute atomic E-state index is 0.130. The molecule has 19 heavy (non-hydrogen) atoms. The van der Waals surface area contributed by atoms with E-state index in [1.54, 1.807) is 23.1 Å². The van der Waals surface area contributed by atoms with Gasteiger partial charge in [-0.1, -0.05) is 0 Å². The minimum Gasteiger partial charge on any atom is -0.496 e. The van der Waals surface area contributed by atoms with E-state index in [9.17, 15) is 9.90 Å². The molecule has 0 radical (unpaired) electrons. The number of rotatable bonds is 3. The molecule has 1 aliphatic carbocycles. The number of carbonyl (C=O) groups is 1. The molecule has 0 unspecified atom stereocenters. The van der Waals surface area contributed by atoms with E-state index in [0.717, 1.165) is 12.8 Å². The number of β-amino-alcohol motifs (C(OH)–C–C–N with tert-alkyl or cyclic N) is 1. The molecule has 2 fully saturated rings. The first-order chi connectivity index (χ1) is 9.03. The fourth-order valence-corrected chi connectivity index (χ4v) is 2.70. The molecule has 5 nitrogen and oxygen atoms in total. The van der Waals surface area contributed by atoms with Gasteiger partial charge in [-0.3, -0.25) is 4.79 Å². The Kier molecular flexibility index (Phi) is 2.67. The van der Waals surface area contributed by atoms with E-state index < -0.39 is 5.60 Å². The zero-order valence-electron chi connectivity index (χ0n) is 10.9. The molecule has 0 aromatic heterocycles. The Balaban J connectivity index is 1.76. The highest BCUT2D eigenvalue weighted by molar-refractivity contribution is 5.98. The Morgan fingerprint density at radius 1 is 1.47 bits per heavy atom. The van der Waals surface area contributed by atoms with Crippen LogP contribution in [-0.2, 0) is 0 Å². The zero-order chi connectivity index (χ0) is 13.6. The maximum absolute atomic E-state index is 12.4. The van der Waals surface area contributed by atoms with Crippen molar-refractivity contribution in [3.05, 3.63) is 23.8 Å². The van der Waals surface area contributed by atoms with Crippen LogP contribution in [-0.4, -0.2) is 41.7 Å². The predicted molar refractivity (Wildman–Crippen MR) is 71.0 cm³/mol. The van der Waals surface area contributed by atoms with E-state index in [4.69, 9.17) is 10.5 Å². The molecule has 102 valence electrons. The summed E-state index contributed by atoms with van der Waals surface area (Å²) in [5.74, 6) is 0.759. The number of ether oxygens (including phenoxy) is 1. The third-order valence-corrected chi connectivity index (χ3v) is 4.01. The molecule has 5 heteroatoms. The van der Waals surface area contributed by atoms with E-state index in [2.05, 4.69) is 0 Å². The number of aliphatic hydroxyl groups is 1. The number of likely N-dealkylation sites (tertiary alicyclic amines) is 1. The lowest BCUT2D eigenvalue weighted by Crippen LogP contribution is -2.64. The molecule has 1 heterocycles. The predicted octanol–water partition coefficient (Wildman–Crippen LogP) is 0.874. The lowest BCUT2D eigenvalue weighted by Gasteiger charge is -2.47. The molecule has 3 N–H and O–H groups in total. The largest absolute Gasteiger partial charge is 0.496 e. The summed E-state index contributed by atoms with van der Waals surface area (Å²) in [5.41, 5.74) is 6.04. The van der Waals surface area contributed by atoms with Crippen molar-refractivity contribution in [1.29, 1.82) is 0 Å². The maximum Gasteiger partial charge on any atom is 0.257 e. The third kappa shape index (κ3) is 2.04. The molecule has 1 saturated heterocycles. The van der Waals surface area contributed by atoms with Crippen LogP contribution in [0.4, 0.5) is 5.69 Å². The second-order valence-electron chi connectivity index (χ2n) is 5.50. The number of methoxy groups -OCH3 is 1. The van der Waals surface area contributed by atoms with Crippen LogP contribution in [0.25, 0.3) is 0 Å². The van der Waals surface area contributed by atoms with E-state index in [-0.39, 0.29) is 5.91 Å². The fraction of sp³-hybridized carbons (Fsp3) is 0.500. The number of nitrogens with zero attached hydrogens (tertiary/aromatic N) is 1. The molecule has 1 aromatic carbocycles. The standard InChI is InChI=1S/C14H18N2O3/c1-19-12-5-4-10(15)6-11(12)13(17)16-7-14(18,8-16)9-2-3-9/h4-6,9,18H,2-3,7-8,15H2,1H3. The molecule has 2 aliphatic rings. The van der Waals surface area contributed by atoms with Crippen molar-refractivity contribution in [2.24, 2.45) is 5.92 Å². The van der Waals surface area contributed by atoms with Crippen molar-refractivity contribution in [2.45, 2.75) is 18.4 Å². The van der Waals surface area contributed by atoms with Gasteiger partial charge in [-0.2, -0.15) is 0 Å². The van der Waals surface area contributed by atoms with Crippen LogP contribution >= 0.6 is 0 Å². The Bertz CT molecular complexity index is 519. The van der Waals surface area contributed by atoms with Gasteiger partial charge in [0.05, 0.1) is 25.8 Å². The highest BCUT2D eigenvalue weighted by atomic mass is 16.5. The molecule has 0 spiro atoms. The number of anilines is 1. The van der Waals surface area contributed by atoms with Crippen molar-refractivity contribution in [3.8, 4) is 5.75 Å². The quantitative estimate of drug-likeness (QED) is 0.793. The molecule has 0 atom stereocenters. The highest BCUT2D eigenvalue weighted by Gasteiger charge is 2.53. The Morgan fingerprint density at radius 2 is 2.16 bits per heavy atom. The maximum atomic E-state index is 12.4. The first kappa shape index (κ1) is 12.3. The van der Waals surface area contributed by atoms with Gasteiger partial charge >= 0.3 is 0 Å². The lowest BCUT2D eigenvalue weighted by molar-refractivity contribution is -0.0958. The molecule has 0 bridgehead atoms. The zero-order valence-corrected chi connectivity index (χ0v) is 10.9. The summed E-state index contributed by atoms with van der Waals surface area (Å²) < 4.78 is 5.19. The van der Waals surface area contributed by atoms with Crippen LogP contribution in [0.5, 0.6) is 5.75 Å². The van der Waals surface area contributed by atoms with E-state index in [0.29, 0.717) is 36.0 Å². The van der Waals surface area contributed by atoms with Crippen LogP contribution < -0.4 is 10.5 Å². The summed E-state index contributed by atoms with van der Waals surface area (Å²) >= 11 is 0. The summed E-state index contributed by atoms with van der Waals surface area (Å²) in [7, 11) is 1.53. The number of benzene rings is 1. The summed E-state index contributed by atoms with van der Waals surface area (Å²) in [6.07, 6.45) is 2.14. The van der Waals surface area contributed by atoms with E-state index in [1.165, 1.54) is 7.11 Å². The van der Waals surface area contributed by atoms with Crippen LogP contribution in [0.3, 0.4) is 0 Å². The van der Waals surface area contributed by atoms with Crippen molar-refractivity contribution in [1.82, 2.24) is 4.90 Å². The van der Waals surface area contributed by atoms with E-state index in [1.807, 2.05) is 0 Å². The summed E-state index contributed by atoms with van der Waals surface area (Å²) in [5, 5.41) is 10.2. The van der Waals surface area contributed by atoms with Crippen LogP contribution in [0.15, 0.2) is 18.2 Å². The topological polar surface area (TPSA) is 75.8 Å². The minimum atomic E-state index is -0.663. The monoisotopic (exact) mass is 262 g/mol.